The van der Waals surface area contributed by atoms with Crippen LogP contribution in [0.25, 0.3) is 0 Å². The summed E-state index contributed by atoms with van der Waals surface area (Å²) in [5.41, 5.74) is 0.648. The zero-order valence-corrected chi connectivity index (χ0v) is 15.0. The molecule has 0 saturated heterocycles. The third kappa shape index (κ3) is 3.71. The molecular weight excluding hydrogens is 382 g/mol. The van der Waals surface area contributed by atoms with Gasteiger partial charge < -0.3 is 20.1 Å². The van der Waals surface area contributed by atoms with E-state index < -0.39 is 34.8 Å². The number of rotatable bonds is 5. The number of carbonyl (C=O) groups excluding carboxylic acids is 1. The third-order valence-corrected chi connectivity index (χ3v) is 4.89. The molecule has 1 saturated carbocycles. The summed E-state index contributed by atoms with van der Waals surface area (Å²) in [5.74, 6) is -3.42. The number of halogens is 2. The summed E-state index contributed by atoms with van der Waals surface area (Å²) in [6, 6.07) is 11.8. The highest BCUT2D eigenvalue weighted by atomic mass is 19.1. The lowest BCUT2D eigenvalue weighted by molar-refractivity contribution is 0.0959. The van der Waals surface area contributed by atoms with Crippen LogP contribution in [0.4, 0.5) is 8.78 Å². The second kappa shape index (κ2) is 7.09. The Balaban J connectivity index is 1.46. The predicted molar refractivity (Wildman–Crippen MR) is 99.5 cm³/mol. The number of ketones is 1. The lowest BCUT2D eigenvalue weighted by atomic mass is 10.0. The number of phenols is 3. The minimum Gasteiger partial charge on any atom is -0.508 e. The van der Waals surface area contributed by atoms with Crippen LogP contribution in [0, 0.1) is 17.6 Å². The molecule has 0 bridgehead atoms. The fourth-order valence-electron chi connectivity index (χ4n) is 3.36. The molecule has 1 aliphatic rings. The van der Waals surface area contributed by atoms with E-state index in [4.69, 9.17) is 4.74 Å². The third-order valence-electron chi connectivity index (χ3n) is 4.89. The van der Waals surface area contributed by atoms with Crippen molar-refractivity contribution in [3.05, 3.63) is 77.4 Å². The van der Waals surface area contributed by atoms with Gasteiger partial charge in [0.05, 0.1) is 0 Å². The van der Waals surface area contributed by atoms with Crippen LogP contribution in [0.15, 0.2) is 54.6 Å². The SMILES string of the molecule is O=C(c1c(O)cc(O)cc1O)C1CC1c1ccc(Oc2ccc(F)cc2F)cc1. The smallest absolute Gasteiger partial charge is 0.174 e. The van der Waals surface area contributed by atoms with Crippen molar-refractivity contribution in [1.29, 1.82) is 0 Å². The molecule has 5 nitrogen and oxygen atoms in total. The van der Waals surface area contributed by atoms with Gasteiger partial charge in [-0.2, -0.15) is 0 Å². The van der Waals surface area contributed by atoms with Crippen molar-refractivity contribution in [1.82, 2.24) is 0 Å². The van der Waals surface area contributed by atoms with Crippen LogP contribution >= 0.6 is 0 Å². The molecule has 1 aliphatic carbocycles. The number of benzene rings is 3. The van der Waals surface area contributed by atoms with Gasteiger partial charge in [-0.15, -0.1) is 0 Å². The number of aromatic hydroxyl groups is 3. The normalized spacial score (nSPS) is 17.7. The van der Waals surface area contributed by atoms with Gasteiger partial charge in [-0.3, -0.25) is 4.79 Å². The molecular formula is C22H16F2O5. The fourth-order valence-corrected chi connectivity index (χ4v) is 3.36. The van der Waals surface area contributed by atoms with E-state index in [1.807, 2.05) is 0 Å². The number of ether oxygens (including phenoxy) is 1. The standard InChI is InChI=1S/C22H16F2O5/c23-12-3-6-20(17(24)7-12)29-14-4-1-11(2-5-14)15-10-16(15)22(28)21-18(26)8-13(25)9-19(21)27/h1-9,15-16,25-27H,10H2. The highest BCUT2D eigenvalue weighted by molar-refractivity contribution is 6.04. The minimum absolute atomic E-state index is 0.0910. The first-order valence-electron chi connectivity index (χ1n) is 8.85. The second-order valence-electron chi connectivity index (χ2n) is 6.92. The molecule has 0 heterocycles. The zero-order valence-electron chi connectivity index (χ0n) is 15.0. The molecule has 0 aromatic heterocycles. The quantitative estimate of drug-likeness (QED) is 0.535. The monoisotopic (exact) mass is 398 g/mol. The molecule has 1 fully saturated rings. The van der Waals surface area contributed by atoms with Crippen molar-refractivity contribution in [2.45, 2.75) is 12.3 Å². The Morgan fingerprint density at radius 3 is 2.21 bits per heavy atom. The molecule has 0 spiro atoms. The summed E-state index contributed by atoms with van der Waals surface area (Å²) in [6.45, 7) is 0. The number of Topliss-reactive ketones (excluding diaryl/α,β-unsaturated/α-hetero) is 1. The van der Waals surface area contributed by atoms with Crippen LogP contribution in [0.1, 0.15) is 28.3 Å². The van der Waals surface area contributed by atoms with Crippen molar-refractivity contribution < 1.29 is 33.6 Å². The number of hydrogen-bond donors (Lipinski definition) is 3. The van der Waals surface area contributed by atoms with Crippen LogP contribution in [0.2, 0.25) is 0 Å². The van der Waals surface area contributed by atoms with E-state index in [2.05, 4.69) is 0 Å². The van der Waals surface area contributed by atoms with Crippen LogP contribution in [-0.4, -0.2) is 21.1 Å². The van der Waals surface area contributed by atoms with E-state index in [-0.39, 0.29) is 23.0 Å². The maximum absolute atomic E-state index is 13.7. The summed E-state index contributed by atoms with van der Waals surface area (Å²) in [7, 11) is 0. The highest BCUT2D eigenvalue weighted by Gasteiger charge is 2.45. The Bertz CT molecular complexity index is 1070. The van der Waals surface area contributed by atoms with E-state index in [0.29, 0.717) is 12.2 Å². The average molecular weight is 398 g/mol. The summed E-state index contributed by atoms with van der Waals surface area (Å²) in [5, 5.41) is 29.1. The van der Waals surface area contributed by atoms with E-state index >= 15 is 0 Å². The van der Waals surface area contributed by atoms with E-state index in [1.165, 1.54) is 6.07 Å². The van der Waals surface area contributed by atoms with Crippen molar-refractivity contribution >= 4 is 5.78 Å². The van der Waals surface area contributed by atoms with Crippen LogP contribution < -0.4 is 4.74 Å². The topological polar surface area (TPSA) is 87.0 Å². The predicted octanol–water partition coefficient (Wildman–Crippen LogP) is 4.86. The van der Waals surface area contributed by atoms with Crippen molar-refractivity contribution in [3.63, 3.8) is 0 Å². The Hall–Kier alpha value is -3.61. The van der Waals surface area contributed by atoms with Gasteiger partial charge >= 0.3 is 0 Å². The lowest BCUT2D eigenvalue weighted by Crippen LogP contribution is -2.04. The van der Waals surface area contributed by atoms with Crippen molar-refractivity contribution in [2.75, 3.05) is 0 Å². The number of hydrogen-bond acceptors (Lipinski definition) is 5. The highest BCUT2D eigenvalue weighted by Crippen LogP contribution is 2.51. The summed E-state index contributed by atoms with van der Waals surface area (Å²) < 4.78 is 32.1. The molecule has 0 radical (unpaired) electrons. The summed E-state index contributed by atoms with van der Waals surface area (Å²) in [6.07, 6.45) is 0.547. The van der Waals surface area contributed by atoms with Gasteiger partial charge in [0.1, 0.15) is 34.4 Å². The van der Waals surface area contributed by atoms with Gasteiger partial charge in [-0.1, -0.05) is 12.1 Å². The van der Waals surface area contributed by atoms with Crippen molar-refractivity contribution in [2.24, 2.45) is 5.92 Å². The van der Waals surface area contributed by atoms with Crippen LogP contribution in [0.5, 0.6) is 28.7 Å². The van der Waals surface area contributed by atoms with Gasteiger partial charge in [0.25, 0.3) is 0 Å². The Labute approximate surface area is 164 Å². The molecule has 3 N–H and O–H groups in total. The second-order valence-corrected chi connectivity index (χ2v) is 6.92. The summed E-state index contributed by atoms with van der Waals surface area (Å²) in [4.78, 5) is 12.6. The van der Waals surface area contributed by atoms with Gasteiger partial charge in [0, 0.05) is 24.1 Å². The molecule has 4 rings (SSSR count). The first-order chi connectivity index (χ1) is 13.8. The summed E-state index contributed by atoms with van der Waals surface area (Å²) >= 11 is 0. The molecule has 29 heavy (non-hydrogen) atoms. The van der Waals surface area contributed by atoms with E-state index in [1.54, 1.807) is 24.3 Å². The van der Waals surface area contributed by atoms with Crippen LogP contribution in [-0.2, 0) is 0 Å². The average Bonchev–Trinajstić information content (AvgIpc) is 3.44. The number of phenolic OH excluding ortho intramolecular Hbond substituents is 3. The maximum atomic E-state index is 13.7. The zero-order chi connectivity index (χ0) is 20.7. The largest absolute Gasteiger partial charge is 0.508 e. The minimum atomic E-state index is -0.810. The molecule has 3 aromatic carbocycles. The van der Waals surface area contributed by atoms with Gasteiger partial charge in [-0.25, -0.2) is 8.78 Å². The molecule has 2 atom stereocenters. The molecule has 3 aromatic rings. The Morgan fingerprint density at radius 1 is 0.931 bits per heavy atom. The Morgan fingerprint density at radius 2 is 1.59 bits per heavy atom. The maximum Gasteiger partial charge on any atom is 0.174 e. The van der Waals surface area contributed by atoms with Gasteiger partial charge in [0.15, 0.2) is 17.3 Å². The van der Waals surface area contributed by atoms with E-state index in [9.17, 15) is 28.9 Å². The van der Waals surface area contributed by atoms with E-state index in [0.717, 1.165) is 29.8 Å². The van der Waals surface area contributed by atoms with Gasteiger partial charge in [0.2, 0.25) is 0 Å². The lowest BCUT2D eigenvalue weighted by Gasteiger charge is -2.09. The molecule has 2 unspecified atom stereocenters. The number of carbonyl (C=O) groups is 1. The van der Waals surface area contributed by atoms with Crippen molar-refractivity contribution in [3.8, 4) is 28.7 Å². The Kier molecular flexibility index (Phi) is 4.58. The molecule has 148 valence electrons. The first kappa shape index (κ1) is 18.7. The fraction of sp³-hybridized carbons (Fsp3) is 0.136. The van der Waals surface area contributed by atoms with Crippen LogP contribution in [0.3, 0.4) is 0 Å². The first-order valence-corrected chi connectivity index (χ1v) is 8.85. The molecule has 0 aliphatic heterocycles. The molecule has 0 amide bonds. The van der Waals surface area contributed by atoms with Gasteiger partial charge in [-0.05, 0) is 42.2 Å². The molecule has 7 heteroatoms.